The topological polar surface area (TPSA) is 0 Å². The maximum atomic E-state index is 14.2. The lowest BCUT2D eigenvalue weighted by Crippen LogP contribution is -2.51. The predicted octanol–water partition coefficient (Wildman–Crippen LogP) is 7.68. The number of thioether (sulfide) groups is 1. The van der Waals surface area contributed by atoms with Gasteiger partial charge < -0.3 is 0 Å². The first-order valence-electron chi connectivity index (χ1n) is 7.05. The van der Waals surface area contributed by atoms with Gasteiger partial charge in [0.15, 0.2) is 0 Å². The molecule has 0 atom stereocenters. The van der Waals surface area contributed by atoms with E-state index in [1.165, 1.54) is 24.3 Å². The van der Waals surface area contributed by atoms with Crippen molar-refractivity contribution >= 4 is 43.6 Å². The fourth-order valence-electron chi connectivity index (χ4n) is 2.49. The molecule has 0 bridgehead atoms. The van der Waals surface area contributed by atoms with Gasteiger partial charge in [-0.2, -0.15) is 30.7 Å². The second-order valence-electron chi connectivity index (χ2n) is 5.66. The van der Waals surface area contributed by atoms with Crippen LogP contribution in [0, 0.1) is 6.92 Å². The lowest BCUT2D eigenvalue weighted by atomic mass is 9.90. The average molecular weight is 528 g/mol. The molecule has 0 N–H and O–H groups in total. The van der Waals surface area contributed by atoms with Crippen molar-refractivity contribution in [2.24, 2.45) is 0 Å². The number of hydrogen-bond acceptors (Lipinski definition) is 1. The van der Waals surface area contributed by atoms with E-state index in [1.807, 2.05) is 0 Å². The fourth-order valence-corrected chi connectivity index (χ4v) is 5.91. The summed E-state index contributed by atoms with van der Waals surface area (Å²) in [6.45, 7) is 1.57. The molecule has 2 rings (SSSR count). The molecule has 0 heterocycles. The summed E-state index contributed by atoms with van der Waals surface area (Å²) < 4.78 is 91.9. The zero-order valence-corrected chi connectivity index (χ0v) is 17.0. The van der Waals surface area contributed by atoms with Crippen LogP contribution < -0.4 is 0 Å². The van der Waals surface area contributed by atoms with Crippen molar-refractivity contribution in [3.8, 4) is 0 Å². The van der Waals surface area contributed by atoms with E-state index in [-0.39, 0.29) is 12.0 Å². The van der Waals surface area contributed by atoms with Crippen LogP contribution in [0.25, 0.3) is 0 Å². The number of alkyl halides is 7. The first-order valence-corrected chi connectivity index (χ1v) is 9.45. The minimum atomic E-state index is -6.38. The molecule has 0 aromatic heterocycles. The van der Waals surface area contributed by atoms with E-state index in [0.29, 0.717) is 14.5 Å². The second-order valence-corrected chi connectivity index (χ2v) is 9.09. The number of hydrogen-bond donors (Lipinski definition) is 0. The third-order valence-corrected chi connectivity index (χ3v) is 5.99. The number of allylic oxidation sites excluding steroid dienone is 2. The van der Waals surface area contributed by atoms with Gasteiger partial charge in [-0.05, 0) is 39.2 Å². The van der Waals surface area contributed by atoms with Crippen LogP contribution in [0.2, 0.25) is 0 Å². The third-order valence-electron chi connectivity index (χ3n) is 3.66. The number of rotatable bonds is 4. The summed E-state index contributed by atoms with van der Waals surface area (Å²) in [5, 5.41) is -5.40. The monoisotopic (exact) mass is 526 g/mol. The van der Waals surface area contributed by atoms with E-state index in [4.69, 9.17) is 0 Å². The zero-order valence-electron chi connectivity index (χ0n) is 13.0. The molecule has 0 saturated heterocycles. The summed E-state index contributed by atoms with van der Waals surface area (Å²) in [5.74, 6) is -6.20. The second kappa shape index (κ2) is 7.16. The fraction of sp³-hybridized carbons (Fsp3) is 0.375. The molecule has 0 amide bonds. The summed E-state index contributed by atoms with van der Waals surface area (Å²) >= 11 is 5.55. The Hall–Kier alpha value is -0.480. The molecule has 0 radical (unpaired) electrons. The van der Waals surface area contributed by atoms with Gasteiger partial charge >= 0.3 is 17.4 Å². The minimum Gasteiger partial charge on any atom is -0.188 e. The lowest BCUT2D eigenvalue weighted by molar-refractivity contribution is -0.330. The Labute approximate surface area is 166 Å². The van der Waals surface area contributed by atoms with E-state index in [9.17, 15) is 30.7 Å². The highest BCUT2D eigenvalue weighted by atomic mass is 79.9. The summed E-state index contributed by atoms with van der Waals surface area (Å²) in [7, 11) is 0. The molecule has 1 aromatic carbocycles. The largest absolute Gasteiger partial charge is 0.460 e. The van der Waals surface area contributed by atoms with Crippen molar-refractivity contribution in [3.63, 3.8) is 0 Å². The molecule has 0 fully saturated rings. The molecule has 0 unspecified atom stereocenters. The summed E-state index contributed by atoms with van der Waals surface area (Å²) in [4.78, 5) is 0. The Morgan fingerprint density at radius 1 is 0.923 bits per heavy atom. The highest BCUT2D eigenvalue weighted by molar-refractivity contribution is 9.12. The van der Waals surface area contributed by atoms with Gasteiger partial charge in [-0.1, -0.05) is 67.9 Å². The minimum absolute atomic E-state index is 0.191. The molecule has 144 valence electrons. The van der Waals surface area contributed by atoms with E-state index >= 15 is 0 Å². The van der Waals surface area contributed by atoms with E-state index in [0.717, 1.165) is 0 Å². The Balaban J connectivity index is 2.65. The molecule has 1 aromatic rings. The molecule has 1 aliphatic rings. The normalized spacial score (nSPS) is 18.4. The Morgan fingerprint density at radius 2 is 1.42 bits per heavy atom. The maximum absolute atomic E-state index is 14.2. The zero-order chi connectivity index (χ0) is 20.0. The van der Waals surface area contributed by atoms with Crippen LogP contribution in [-0.2, 0) is 4.75 Å². The first-order chi connectivity index (χ1) is 11.7. The SMILES string of the molecule is Cc1ccccc1C1(SC(F)(F)C(F)(F)C(F)(F)F)C=C(Br)CC(Br)=C1. The van der Waals surface area contributed by atoms with Crippen LogP contribution in [-0.4, -0.2) is 17.4 Å². The summed E-state index contributed by atoms with van der Waals surface area (Å²) in [6.07, 6.45) is -3.65. The van der Waals surface area contributed by atoms with Gasteiger partial charge in [0.25, 0.3) is 0 Å². The van der Waals surface area contributed by atoms with Crippen LogP contribution in [0.15, 0.2) is 45.4 Å². The van der Waals surface area contributed by atoms with Crippen molar-refractivity contribution < 1.29 is 30.7 Å². The Kier molecular flexibility index (Phi) is 6.01. The van der Waals surface area contributed by atoms with Gasteiger partial charge in [0.05, 0.1) is 4.75 Å². The maximum Gasteiger partial charge on any atom is 0.460 e. The van der Waals surface area contributed by atoms with Gasteiger partial charge in [0.1, 0.15) is 0 Å². The van der Waals surface area contributed by atoms with E-state index in [2.05, 4.69) is 31.9 Å². The van der Waals surface area contributed by atoms with Gasteiger partial charge in [-0.3, -0.25) is 0 Å². The molecule has 10 heteroatoms. The predicted molar refractivity (Wildman–Crippen MR) is 95.0 cm³/mol. The highest BCUT2D eigenvalue weighted by Crippen LogP contribution is 2.60. The van der Waals surface area contributed by atoms with Crippen molar-refractivity contribution in [1.29, 1.82) is 0 Å². The van der Waals surface area contributed by atoms with Gasteiger partial charge in [0.2, 0.25) is 0 Å². The van der Waals surface area contributed by atoms with Gasteiger partial charge in [-0.25, -0.2) is 0 Å². The van der Waals surface area contributed by atoms with Crippen LogP contribution in [0.1, 0.15) is 17.5 Å². The average Bonchev–Trinajstić information content (AvgIpc) is 2.44. The standard InChI is InChI=1S/C16H11Br2F7S/c1-9-4-2-3-5-12(9)13(7-10(17)6-11(18)8-13)26-16(24,25)14(19,20)15(21,22)23/h2-5,7-8H,6H2,1H3. The molecular formula is C16H11Br2F7S. The van der Waals surface area contributed by atoms with E-state index < -0.39 is 33.9 Å². The van der Waals surface area contributed by atoms with Crippen LogP contribution in [0.4, 0.5) is 30.7 Å². The summed E-state index contributed by atoms with van der Waals surface area (Å²) in [6, 6.07) is 6.10. The van der Waals surface area contributed by atoms with Crippen LogP contribution in [0.3, 0.4) is 0 Å². The van der Waals surface area contributed by atoms with E-state index in [1.54, 1.807) is 19.1 Å². The van der Waals surface area contributed by atoms with Gasteiger partial charge in [-0.15, -0.1) is 0 Å². The highest BCUT2D eigenvalue weighted by Gasteiger charge is 2.74. The number of halogens is 9. The molecule has 26 heavy (non-hydrogen) atoms. The molecule has 0 saturated carbocycles. The quantitative estimate of drug-likeness (QED) is 0.362. The van der Waals surface area contributed by atoms with Crippen molar-refractivity contribution in [2.75, 3.05) is 0 Å². The van der Waals surface area contributed by atoms with Crippen LogP contribution in [0.5, 0.6) is 0 Å². The third kappa shape index (κ3) is 4.01. The lowest BCUT2D eigenvalue weighted by Gasteiger charge is -2.38. The number of benzene rings is 1. The van der Waals surface area contributed by atoms with Crippen molar-refractivity contribution in [3.05, 3.63) is 56.5 Å². The van der Waals surface area contributed by atoms with Crippen molar-refractivity contribution in [1.82, 2.24) is 0 Å². The Bertz CT molecular complexity index is 735. The molecule has 0 aliphatic heterocycles. The van der Waals surface area contributed by atoms with Crippen LogP contribution >= 0.6 is 43.6 Å². The summed E-state index contributed by atoms with van der Waals surface area (Å²) in [5.41, 5.74) is 0.664. The number of aryl methyl sites for hydroxylation is 1. The Morgan fingerprint density at radius 3 is 1.88 bits per heavy atom. The first kappa shape index (κ1) is 21.8. The smallest absolute Gasteiger partial charge is 0.188 e. The van der Waals surface area contributed by atoms with Gasteiger partial charge in [0, 0.05) is 6.42 Å². The molecule has 1 aliphatic carbocycles. The molecular weight excluding hydrogens is 517 g/mol. The van der Waals surface area contributed by atoms with Crippen molar-refractivity contribution in [2.45, 2.75) is 35.4 Å². The molecule has 0 spiro atoms. The molecule has 0 nitrogen and oxygen atoms in total.